The van der Waals surface area contributed by atoms with Gasteiger partial charge in [0, 0.05) is 22.0 Å². The highest BCUT2D eigenvalue weighted by Crippen LogP contribution is 2.26. The summed E-state index contributed by atoms with van der Waals surface area (Å²) in [6.45, 7) is 8.29. The molecule has 0 amide bonds. The highest BCUT2D eigenvalue weighted by atomic mass is 79.9. The van der Waals surface area contributed by atoms with Crippen molar-refractivity contribution in [2.24, 2.45) is 0 Å². The average Bonchev–Trinajstić information content (AvgIpc) is 2.43. The number of allylic oxidation sites excluding steroid dienone is 3. The van der Waals surface area contributed by atoms with Crippen molar-refractivity contribution in [1.29, 1.82) is 0 Å². The molecule has 0 unspecified atom stereocenters. The number of carbonyl (C=O) groups excluding carboxylic acids is 3. The first-order valence-corrected chi connectivity index (χ1v) is 7.05. The quantitative estimate of drug-likeness (QED) is 0.319. The summed E-state index contributed by atoms with van der Waals surface area (Å²) in [5.41, 5.74) is 0.170. The van der Waals surface area contributed by atoms with Gasteiger partial charge in [0.15, 0.2) is 18.1 Å². The molecule has 0 aromatic rings. The van der Waals surface area contributed by atoms with Crippen LogP contribution in [0.2, 0.25) is 0 Å². The van der Waals surface area contributed by atoms with Gasteiger partial charge in [-0.15, -0.1) is 0 Å². The summed E-state index contributed by atoms with van der Waals surface area (Å²) in [4.78, 5) is 35.1. The Morgan fingerprint density at radius 2 is 1.80 bits per heavy atom. The SMILES string of the molecule is C=C1C(=C)C(=O)C(OCC(=O)OCCCBr)=C(C)C1=O. The van der Waals surface area contributed by atoms with Crippen LogP contribution in [0.1, 0.15) is 13.3 Å². The van der Waals surface area contributed by atoms with Gasteiger partial charge in [-0.2, -0.15) is 0 Å². The summed E-state index contributed by atoms with van der Waals surface area (Å²) < 4.78 is 9.98. The van der Waals surface area contributed by atoms with Gasteiger partial charge in [0.1, 0.15) is 0 Å². The molecule has 1 rings (SSSR count). The molecule has 20 heavy (non-hydrogen) atoms. The summed E-state index contributed by atoms with van der Waals surface area (Å²) in [5.74, 6) is -1.69. The Morgan fingerprint density at radius 1 is 1.20 bits per heavy atom. The smallest absolute Gasteiger partial charge is 0.344 e. The Bertz CT molecular complexity index is 516. The van der Waals surface area contributed by atoms with Crippen LogP contribution in [0.15, 0.2) is 35.6 Å². The highest BCUT2D eigenvalue weighted by molar-refractivity contribution is 9.09. The minimum atomic E-state index is -0.596. The van der Waals surface area contributed by atoms with E-state index in [1.54, 1.807) is 0 Å². The Kier molecular flexibility index (Phi) is 5.88. The van der Waals surface area contributed by atoms with Crippen LogP contribution in [0, 0.1) is 0 Å². The molecule has 0 atom stereocenters. The minimum Gasteiger partial charge on any atom is -0.477 e. The van der Waals surface area contributed by atoms with Crippen LogP contribution in [0.4, 0.5) is 0 Å². The van der Waals surface area contributed by atoms with E-state index in [1.807, 2.05) is 0 Å². The molecular formula is C14H15BrO5. The molecule has 0 aromatic carbocycles. The second-order valence-electron chi connectivity index (χ2n) is 4.12. The number of carbonyl (C=O) groups is 3. The van der Waals surface area contributed by atoms with Gasteiger partial charge in [-0.05, 0) is 13.3 Å². The van der Waals surface area contributed by atoms with Gasteiger partial charge < -0.3 is 9.47 Å². The van der Waals surface area contributed by atoms with E-state index in [2.05, 4.69) is 29.1 Å². The largest absolute Gasteiger partial charge is 0.477 e. The van der Waals surface area contributed by atoms with E-state index in [0.29, 0.717) is 6.42 Å². The molecule has 0 bridgehead atoms. The lowest BCUT2D eigenvalue weighted by Crippen LogP contribution is -2.26. The molecule has 0 saturated heterocycles. The molecule has 0 fully saturated rings. The Labute approximate surface area is 125 Å². The normalized spacial score (nSPS) is 15.7. The fraction of sp³-hybridized carbons (Fsp3) is 0.357. The first-order valence-electron chi connectivity index (χ1n) is 5.93. The van der Waals surface area contributed by atoms with E-state index in [1.165, 1.54) is 6.92 Å². The van der Waals surface area contributed by atoms with Crippen molar-refractivity contribution in [3.05, 3.63) is 35.6 Å². The van der Waals surface area contributed by atoms with Crippen molar-refractivity contribution in [3.8, 4) is 0 Å². The Morgan fingerprint density at radius 3 is 2.40 bits per heavy atom. The average molecular weight is 343 g/mol. The van der Waals surface area contributed by atoms with Crippen LogP contribution in [-0.4, -0.2) is 36.1 Å². The first-order chi connectivity index (χ1) is 9.40. The lowest BCUT2D eigenvalue weighted by atomic mass is 9.89. The van der Waals surface area contributed by atoms with Gasteiger partial charge in [0.2, 0.25) is 5.78 Å². The molecule has 1 aliphatic rings. The van der Waals surface area contributed by atoms with Crippen molar-refractivity contribution in [2.45, 2.75) is 13.3 Å². The zero-order valence-electron chi connectivity index (χ0n) is 11.2. The monoisotopic (exact) mass is 342 g/mol. The zero-order chi connectivity index (χ0) is 15.3. The van der Waals surface area contributed by atoms with Crippen LogP contribution < -0.4 is 0 Å². The molecule has 6 heteroatoms. The third-order valence-electron chi connectivity index (χ3n) is 2.68. The standard InChI is InChI=1S/C14H15BrO5/c1-8-9(2)13(18)14(10(3)12(8)17)20-7-11(16)19-6-4-5-15/h1-2,4-7H2,3H3. The Balaban J connectivity index is 2.69. The van der Waals surface area contributed by atoms with Crippen molar-refractivity contribution >= 4 is 33.5 Å². The second kappa shape index (κ2) is 7.19. The van der Waals surface area contributed by atoms with Gasteiger partial charge in [-0.1, -0.05) is 29.1 Å². The summed E-state index contributed by atoms with van der Waals surface area (Å²) in [6, 6.07) is 0. The number of esters is 1. The van der Waals surface area contributed by atoms with Crippen LogP contribution in [-0.2, 0) is 23.9 Å². The Hall–Kier alpha value is -1.69. The van der Waals surface area contributed by atoms with E-state index < -0.39 is 24.1 Å². The van der Waals surface area contributed by atoms with E-state index in [9.17, 15) is 14.4 Å². The lowest BCUT2D eigenvalue weighted by Gasteiger charge is -2.19. The molecular weight excluding hydrogens is 328 g/mol. The van der Waals surface area contributed by atoms with Crippen molar-refractivity contribution < 1.29 is 23.9 Å². The molecule has 1 aliphatic carbocycles. The summed E-state index contributed by atoms with van der Waals surface area (Å²) in [7, 11) is 0. The number of hydrogen-bond donors (Lipinski definition) is 0. The van der Waals surface area contributed by atoms with Crippen molar-refractivity contribution in [3.63, 3.8) is 0 Å². The van der Waals surface area contributed by atoms with Gasteiger partial charge in [-0.25, -0.2) is 4.79 Å². The molecule has 0 aromatic heterocycles. The molecule has 5 nitrogen and oxygen atoms in total. The molecule has 0 radical (unpaired) electrons. The molecule has 0 saturated carbocycles. The number of alkyl halides is 1. The number of halogens is 1. The van der Waals surface area contributed by atoms with E-state index in [0.717, 1.165) is 5.33 Å². The minimum absolute atomic E-state index is 0.0109. The predicted molar refractivity (Wildman–Crippen MR) is 76.3 cm³/mol. The lowest BCUT2D eigenvalue weighted by molar-refractivity contribution is -0.148. The third kappa shape index (κ3) is 3.66. The predicted octanol–water partition coefficient (Wildman–Crippen LogP) is 1.87. The van der Waals surface area contributed by atoms with Crippen LogP contribution in [0.5, 0.6) is 0 Å². The van der Waals surface area contributed by atoms with Gasteiger partial charge in [0.05, 0.1) is 6.61 Å². The molecule has 0 heterocycles. The summed E-state index contributed by atoms with van der Waals surface area (Å²) in [5, 5.41) is 0.723. The number of rotatable bonds is 6. The summed E-state index contributed by atoms with van der Waals surface area (Å²) in [6.07, 6.45) is 0.682. The maximum Gasteiger partial charge on any atom is 0.344 e. The second-order valence-corrected chi connectivity index (χ2v) is 4.91. The van der Waals surface area contributed by atoms with Crippen LogP contribution in [0.3, 0.4) is 0 Å². The fourth-order valence-corrected chi connectivity index (χ4v) is 1.73. The molecule has 108 valence electrons. The van der Waals surface area contributed by atoms with Crippen molar-refractivity contribution in [1.82, 2.24) is 0 Å². The number of hydrogen-bond acceptors (Lipinski definition) is 5. The molecule has 0 aliphatic heterocycles. The topological polar surface area (TPSA) is 69.7 Å². The number of Topliss-reactive ketones (excluding diaryl/α,β-unsaturated/α-hetero) is 2. The van der Waals surface area contributed by atoms with Gasteiger partial charge in [0.25, 0.3) is 0 Å². The summed E-state index contributed by atoms with van der Waals surface area (Å²) >= 11 is 3.21. The van der Waals surface area contributed by atoms with Crippen LogP contribution in [0.25, 0.3) is 0 Å². The number of ketones is 2. The highest BCUT2D eigenvalue weighted by Gasteiger charge is 2.32. The van der Waals surface area contributed by atoms with Gasteiger partial charge >= 0.3 is 5.97 Å². The van der Waals surface area contributed by atoms with Gasteiger partial charge in [-0.3, -0.25) is 9.59 Å². The van der Waals surface area contributed by atoms with E-state index in [-0.39, 0.29) is 29.1 Å². The fourth-order valence-electron chi connectivity index (χ4n) is 1.50. The zero-order valence-corrected chi connectivity index (χ0v) is 12.7. The number of ether oxygens (including phenoxy) is 2. The van der Waals surface area contributed by atoms with Crippen molar-refractivity contribution in [2.75, 3.05) is 18.5 Å². The van der Waals surface area contributed by atoms with E-state index in [4.69, 9.17) is 9.47 Å². The molecule has 0 N–H and O–H groups in total. The third-order valence-corrected chi connectivity index (χ3v) is 3.24. The first kappa shape index (κ1) is 16.4. The van der Waals surface area contributed by atoms with Crippen LogP contribution >= 0.6 is 15.9 Å². The maximum atomic E-state index is 11.9. The molecule has 0 spiro atoms. The maximum absolute atomic E-state index is 11.9. The van der Waals surface area contributed by atoms with E-state index >= 15 is 0 Å².